The third kappa shape index (κ3) is 3.71. The summed E-state index contributed by atoms with van der Waals surface area (Å²) in [5.74, 6) is -0.439. The van der Waals surface area contributed by atoms with Crippen LogP contribution >= 0.6 is 23.4 Å². The fourth-order valence-corrected chi connectivity index (χ4v) is 3.16. The summed E-state index contributed by atoms with van der Waals surface area (Å²) in [6.07, 6.45) is 0. The van der Waals surface area contributed by atoms with Gasteiger partial charge in [-0.1, -0.05) is 41.6 Å². The molecule has 1 heterocycles. The lowest BCUT2D eigenvalue weighted by molar-refractivity contribution is -0.127. The van der Waals surface area contributed by atoms with Crippen LogP contribution in [0.1, 0.15) is 5.56 Å². The van der Waals surface area contributed by atoms with Gasteiger partial charge in [-0.25, -0.2) is 9.37 Å². The Morgan fingerprint density at radius 1 is 1.29 bits per heavy atom. The highest BCUT2D eigenvalue weighted by Crippen LogP contribution is 2.24. The minimum Gasteiger partial charge on any atom is -0.431 e. The fourth-order valence-electron chi connectivity index (χ4n) is 2.16. The highest BCUT2D eigenvalue weighted by Gasteiger charge is 2.16. The normalized spacial score (nSPS) is 11.0. The van der Waals surface area contributed by atoms with Crippen LogP contribution in [0.5, 0.6) is 0 Å². The fraction of sp³-hybridized carbons (Fsp3) is 0.176. The number of aromatic nitrogens is 1. The quantitative estimate of drug-likeness (QED) is 0.631. The zero-order chi connectivity index (χ0) is 17.1. The molecule has 0 spiro atoms. The van der Waals surface area contributed by atoms with Gasteiger partial charge in [0.2, 0.25) is 5.91 Å². The molecule has 0 radical (unpaired) electrons. The second kappa shape index (κ2) is 7.23. The molecular formula is C17H14ClFN2O2S. The van der Waals surface area contributed by atoms with Crippen LogP contribution in [0.25, 0.3) is 11.1 Å². The van der Waals surface area contributed by atoms with E-state index in [0.29, 0.717) is 21.4 Å². The Bertz CT molecular complexity index is 831. The van der Waals surface area contributed by atoms with Crippen LogP contribution < -0.4 is 0 Å². The van der Waals surface area contributed by atoms with Crippen LogP contribution in [0.4, 0.5) is 4.39 Å². The number of para-hydroxylation sites is 2. The molecule has 3 aromatic rings. The van der Waals surface area contributed by atoms with Crippen molar-refractivity contribution in [3.63, 3.8) is 0 Å². The van der Waals surface area contributed by atoms with Crippen LogP contribution in [-0.4, -0.2) is 28.6 Å². The van der Waals surface area contributed by atoms with E-state index in [-0.39, 0.29) is 18.2 Å². The molecular weight excluding hydrogens is 351 g/mol. The molecule has 24 heavy (non-hydrogen) atoms. The molecule has 0 bridgehead atoms. The Balaban J connectivity index is 1.62. The zero-order valence-electron chi connectivity index (χ0n) is 12.8. The number of fused-ring (bicyclic) bond motifs is 1. The molecule has 1 aromatic heterocycles. The van der Waals surface area contributed by atoms with Crippen molar-refractivity contribution >= 4 is 40.4 Å². The van der Waals surface area contributed by atoms with E-state index in [0.717, 1.165) is 5.52 Å². The molecule has 124 valence electrons. The number of thioether (sulfide) groups is 1. The van der Waals surface area contributed by atoms with E-state index in [1.54, 1.807) is 13.1 Å². The Morgan fingerprint density at radius 3 is 2.83 bits per heavy atom. The van der Waals surface area contributed by atoms with Gasteiger partial charge in [-0.2, -0.15) is 0 Å². The van der Waals surface area contributed by atoms with E-state index in [2.05, 4.69) is 4.98 Å². The summed E-state index contributed by atoms with van der Waals surface area (Å²) in [6, 6.07) is 11.9. The minimum absolute atomic E-state index is 0.110. The number of halogens is 2. The molecule has 0 aliphatic rings. The van der Waals surface area contributed by atoms with Gasteiger partial charge in [-0.05, 0) is 24.3 Å². The van der Waals surface area contributed by atoms with Crippen LogP contribution in [0.2, 0.25) is 5.02 Å². The largest absolute Gasteiger partial charge is 0.431 e. The van der Waals surface area contributed by atoms with Gasteiger partial charge in [-0.15, -0.1) is 0 Å². The molecule has 0 aliphatic heterocycles. The molecule has 1 amide bonds. The monoisotopic (exact) mass is 364 g/mol. The number of hydrogen-bond donors (Lipinski definition) is 0. The minimum atomic E-state index is -0.422. The smallest absolute Gasteiger partial charge is 0.257 e. The van der Waals surface area contributed by atoms with E-state index >= 15 is 0 Å². The average molecular weight is 365 g/mol. The van der Waals surface area contributed by atoms with E-state index < -0.39 is 5.82 Å². The van der Waals surface area contributed by atoms with Crippen LogP contribution in [0.15, 0.2) is 52.1 Å². The molecule has 7 heteroatoms. The number of carbonyl (C=O) groups excluding carboxylic acids is 1. The van der Waals surface area contributed by atoms with Gasteiger partial charge < -0.3 is 9.32 Å². The van der Waals surface area contributed by atoms with Gasteiger partial charge in [0.05, 0.1) is 5.75 Å². The predicted octanol–water partition coefficient (Wildman–Crippen LogP) is 4.37. The third-order valence-electron chi connectivity index (χ3n) is 3.48. The van der Waals surface area contributed by atoms with Gasteiger partial charge in [0.15, 0.2) is 5.58 Å². The SMILES string of the molecule is CN(Cc1c(F)cccc1Cl)C(=O)CSc1nc2ccccc2o1. The van der Waals surface area contributed by atoms with Crippen molar-refractivity contribution in [2.45, 2.75) is 11.8 Å². The molecule has 0 fully saturated rings. The second-order valence-electron chi connectivity index (χ2n) is 5.19. The summed E-state index contributed by atoms with van der Waals surface area (Å²) in [5, 5.41) is 0.739. The Kier molecular flexibility index (Phi) is 5.06. The lowest BCUT2D eigenvalue weighted by Gasteiger charge is -2.17. The van der Waals surface area contributed by atoms with Crippen molar-refractivity contribution < 1.29 is 13.6 Å². The maximum atomic E-state index is 13.8. The van der Waals surface area contributed by atoms with E-state index in [9.17, 15) is 9.18 Å². The highest BCUT2D eigenvalue weighted by atomic mass is 35.5. The third-order valence-corrected chi connectivity index (χ3v) is 4.64. The van der Waals surface area contributed by atoms with Crippen LogP contribution in [-0.2, 0) is 11.3 Å². The maximum Gasteiger partial charge on any atom is 0.257 e. The number of carbonyl (C=O) groups is 1. The molecule has 0 saturated heterocycles. The summed E-state index contributed by atoms with van der Waals surface area (Å²) in [6.45, 7) is 0.110. The number of nitrogens with zero attached hydrogens (tertiary/aromatic N) is 2. The average Bonchev–Trinajstić information content (AvgIpc) is 2.99. The molecule has 2 aromatic carbocycles. The maximum absolute atomic E-state index is 13.8. The Morgan fingerprint density at radius 2 is 2.08 bits per heavy atom. The van der Waals surface area contributed by atoms with Gasteiger partial charge in [0, 0.05) is 24.2 Å². The van der Waals surface area contributed by atoms with Gasteiger partial charge in [0.25, 0.3) is 5.22 Å². The Labute approximate surface area is 147 Å². The van der Waals surface area contributed by atoms with Crippen molar-refractivity contribution in [1.29, 1.82) is 0 Å². The first-order chi connectivity index (χ1) is 11.5. The molecule has 0 aliphatic carbocycles. The van der Waals surface area contributed by atoms with E-state index in [1.165, 1.54) is 28.8 Å². The summed E-state index contributed by atoms with van der Waals surface area (Å²) in [4.78, 5) is 18.0. The zero-order valence-corrected chi connectivity index (χ0v) is 14.4. The van der Waals surface area contributed by atoms with Gasteiger partial charge in [0.1, 0.15) is 11.3 Å². The van der Waals surface area contributed by atoms with Crippen molar-refractivity contribution in [1.82, 2.24) is 9.88 Å². The van der Waals surface area contributed by atoms with E-state index in [4.69, 9.17) is 16.0 Å². The van der Waals surface area contributed by atoms with Crippen molar-refractivity contribution in [2.24, 2.45) is 0 Å². The van der Waals surface area contributed by atoms with Crippen LogP contribution in [0, 0.1) is 5.82 Å². The van der Waals surface area contributed by atoms with Crippen molar-refractivity contribution in [3.8, 4) is 0 Å². The van der Waals surface area contributed by atoms with Gasteiger partial charge >= 0.3 is 0 Å². The number of benzene rings is 2. The highest BCUT2D eigenvalue weighted by molar-refractivity contribution is 7.99. The van der Waals surface area contributed by atoms with Gasteiger partial charge in [-0.3, -0.25) is 4.79 Å². The summed E-state index contributed by atoms with van der Waals surface area (Å²) >= 11 is 7.19. The predicted molar refractivity (Wildman–Crippen MR) is 92.6 cm³/mol. The molecule has 3 rings (SSSR count). The molecule has 4 nitrogen and oxygen atoms in total. The molecule has 0 N–H and O–H groups in total. The van der Waals surface area contributed by atoms with Crippen molar-refractivity contribution in [3.05, 3.63) is 58.9 Å². The first kappa shape index (κ1) is 16.8. The summed E-state index contributed by atoms with van der Waals surface area (Å²) in [5.41, 5.74) is 1.74. The first-order valence-corrected chi connectivity index (χ1v) is 8.56. The van der Waals surface area contributed by atoms with Crippen molar-refractivity contribution in [2.75, 3.05) is 12.8 Å². The number of rotatable bonds is 5. The topological polar surface area (TPSA) is 46.3 Å². The lowest BCUT2D eigenvalue weighted by atomic mass is 10.2. The lowest BCUT2D eigenvalue weighted by Crippen LogP contribution is -2.28. The molecule has 0 unspecified atom stereocenters. The number of amides is 1. The molecule has 0 saturated carbocycles. The van der Waals surface area contributed by atoms with Crippen LogP contribution in [0.3, 0.4) is 0 Å². The summed E-state index contributed by atoms with van der Waals surface area (Å²) < 4.78 is 19.3. The standard InChI is InChI=1S/C17H14ClFN2O2S/c1-21(9-11-12(18)5-4-6-13(11)19)16(22)10-24-17-20-14-7-2-3-8-15(14)23-17/h2-8H,9-10H2,1H3. The summed E-state index contributed by atoms with van der Waals surface area (Å²) in [7, 11) is 1.61. The first-order valence-electron chi connectivity index (χ1n) is 7.20. The number of oxazole rings is 1. The molecule has 0 atom stereocenters. The second-order valence-corrected chi connectivity index (χ2v) is 6.52. The number of hydrogen-bond acceptors (Lipinski definition) is 4. The Hall–Kier alpha value is -2.05. The van der Waals surface area contributed by atoms with E-state index in [1.807, 2.05) is 24.3 Å².